The summed E-state index contributed by atoms with van der Waals surface area (Å²) in [6.45, 7) is 4.89. The quantitative estimate of drug-likeness (QED) is 0.607. The molecule has 1 atom stereocenters. The van der Waals surface area contributed by atoms with Crippen LogP contribution in [0.5, 0.6) is 0 Å². The van der Waals surface area contributed by atoms with Crippen molar-refractivity contribution in [2.75, 3.05) is 19.8 Å². The summed E-state index contributed by atoms with van der Waals surface area (Å²) in [7, 11) is 0. The molecule has 0 aromatic carbocycles. The minimum absolute atomic E-state index is 0.0424. The molecule has 0 saturated heterocycles. The number of aliphatic hydroxyl groups excluding tert-OH is 1. The first-order chi connectivity index (χ1) is 6.63. The van der Waals surface area contributed by atoms with Crippen molar-refractivity contribution in [3.8, 4) is 0 Å². The van der Waals surface area contributed by atoms with Crippen molar-refractivity contribution < 1.29 is 14.6 Å². The van der Waals surface area contributed by atoms with Gasteiger partial charge in [-0.2, -0.15) is 0 Å². The zero-order valence-electron chi connectivity index (χ0n) is 8.88. The van der Waals surface area contributed by atoms with Crippen molar-refractivity contribution in [1.82, 2.24) is 5.32 Å². The molecule has 4 heteroatoms. The predicted octanol–water partition coefficient (Wildman–Crippen LogP) is 0.300. The van der Waals surface area contributed by atoms with Crippen LogP contribution in [0.2, 0.25) is 0 Å². The third kappa shape index (κ3) is 2.96. The largest absolute Gasteiger partial charge is 0.465 e. The predicted molar refractivity (Wildman–Crippen MR) is 52.9 cm³/mol. The lowest BCUT2D eigenvalue weighted by Gasteiger charge is -2.16. The Morgan fingerprint density at radius 3 is 2.71 bits per heavy atom. The first-order valence-electron chi connectivity index (χ1n) is 5.14. The molecule has 0 aliphatic heterocycles. The van der Waals surface area contributed by atoms with Gasteiger partial charge >= 0.3 is 5.97 Å². The van der Waals surface area contributed by atoms with Crippen molar-refractivity contribution in [2.24, 2.45) is 5.41 Å². The Labute approximate surface area is 84.6 Å². The van der Waals surface area contributed by atoms with Gasteiger partial charge in [-0.15, -0.1) is 0 Å². The molecule has 1 rings (SSSR count). The van der Waals surface area contributed by atoms with E-state index in [1.165, 1.54) is 0 Å². The molecule has 0 spiro atoms. The number of esters is 1. The second kappa shape index (κ2) is 4.75. The van der Waals surface area contributed by atoms with E-state index in [1.54, 1.807) is 13.8 Å². The molecular weight excluding hydrogens is 182 g/mol. The number of hydrogen-bond donors (Lipinski definition) is 2. The van der Waals surface area contributed by atoms with E-state index in [1.807, 2.05) is 0 Å². The van der Waals surface area contributed by atoms with Crippen LogP contribution in [0.1, 0.15) is 26.7 Å². The third-order valence-electron chi connectivity index (χ3n) is 2.72. The van der Waals surface area contributed by atoms with E-state index in [-0.39, 0.29) is 24.0 Å². The Hall–Kier alpha value is -0.610. The average molecular weight is 201 g/mol. The van der Waals surface area contributed by atoms with Crippen molar-refractivity contribution >= 4 is 5.97 Å². The van der Waals surface area contributed by atoms with Crippen LogP contribution >= 0.6 is 0 Å². The fourth-order valence-electron chi connectivity index (χ4n) is 1.29. The fraction of sp³-hybridized carbons (Fsp3) is 0.900. The van der Waals surface area contributed by atoms with Crippen LogP contribution in [0.3, 0.4) is 0 Å². The molecular formula is C10H19NO3. The minimum Gasteiger partial charge on any atom is -0.465 e. The molecule has 0 radical (unpaired) electrons. The topological polar surface area (TPSA) is 58.6 Å². The SMILES string of the molecule is CCOC(=O)C(C)NCC1(CO)CC1. The molecule has 0 aromatic rings. The van der Waals surface area contributed by atoms with Crippen molar-refractivity contribution in [3.63, 3.8) is 0 Å². The van der Waals surface area contributed by atoms with Crippen molar-refractivity contribution in [1.29, 1.82) is 0 Å². The molecule has 1 fully saturated rings. The first kappa shape index (κ1) is 11.5. The lowest BCUT2D eigenvalue weighted by atomic mass is 10.1. The lowest BCUT2D eigenvalue weighted by molar-refractivity contribution is -0.145. The van der Waals surface area contributed by atoms with Crippen molar-refractivity contribution in [3.05, 3.63) is 0 Å². The number of nitrogens with one attached hydrogen (secondary N) is 1. The zero-order valence-corrected chi connectivity index (χ0v) is 8.88. The first-order valence-corrected chi connectivity index (χ1v) is 5.14. The molecule has 2 N–H and O–H groups in total. The van der Waals surface area contributed by atoms with E-state index in [9.17, 15) is 4.79 Å². The highest BCUT2D eigenvalue weighted by atomic mass is 16.5. The lowest BCUT2D eigenvalue weighted by Crippen LogP contribution is -2.39. The van der Waals surface area contributed by atoms with Gasteiger partial charge in [0.05, 0.1) is 6.61 Å². The molecule has 1 aliphatic carbocycles. The van der Waals surface area contributed by atoms with E-state index < -0.39 is 0 Å². The number of hydrogen-bond acceptors (Lipinski definition) is 4. The number of ether oxygens (including phenoxy) is 1. The van der Waals surface area contributed by atoms with Gasteiger partial charge in [0.25, 0.3) is 0 Å². The van der Waals surface area contributed by atoms with Gasteiger partial charge in [0.1, 0.15) is 6.04 Å². The van der Waals surface area contributed by atoms with Gasteiger partial charge in [-0.1, -0.05) is 0 Å². The van der Waals surface area contributed by atoms with Crippen molar-refractivity contribution in [2.45, 2.75) is 32.7 Å². The Morgan fingerprint density at radius 1 is 1.64 bits per heavy atom. The number of aliphatic hydroxyl groups is 1. The second-order valence-electron chi connectivity index (χ2n) is 4.01. The molecule has 0 aromatic heterocycles. The normalized spacial score (nSPS) is 20.2. The summed E-state index contributed by atoms with van der Waals surface area (Å²) in [6, 6.07) is -0.279. The van der Waals surface area contributed by atoms with E-state index >= 15 is 0 Å². The second-order valence-corrected chi connectivity index (χ2v) is 4.01. The van der Waals surface area contributed by atoms with Gasteiger partial charge in [-0.05, 0) is 26.7 Å². The fourth-order valence-corrected chi connectivity index (χ4v) is 1.29. The summed E-state index contributed by atoms with van der Waals surface area (Å²) in [5.41, 5.74) is 0.0424. The summed E-state index contributed by atoms with van der Waals surface area (Å²) in [5.74, 6) is -0.221. The highest BCUT2D eigenvalue weighted by Crippen LogP contribution is 2.44. The Bertz CT molecular complexity index is 202. The van der Waals surface area contributed by atoms with E-state index in [2.05, 4.69) is 5.32 Å². The maximum absolute atomic E-state index is 11.2. The van der Waals surface area contributed by atoms with E-state index in [4.69, 9.17) is 9.84 Å². The third-order valence-corrected chi connectivity index (χ3v) is 2.72. The van der Waals surface area contributed by atoms with Crippen LogP contribution in [-0.2, 0) is 9.53 Å². The van der Waals surface area contributed by atoms with Crippen LogP contribution < -0.4 is 5.32 Å². The summed E-state index contributed by atoms with van der Waals surface area (Å²) < 4.78 is 4.86. The highest BCUT2D eigenvalue weighted by Gasteiger charge is 2.42. The molecule has 14 heavy (non-hydrogen) atoms. The van der Waals surface area contributed by atoms with Crippen LogP contribution in [0.15, 0.2) is 0 Å². The molecule has 4 nitrogen and oxygen atoms in total. The standard InChI is InChI=1S/C10H19NO3/c1-3-14-9(13)8(2)11-6-10(7-12)4-5-10/h8,11-12H,3-7H2,1-2H3. The maximum Gasteiger partial charge on any atom is 0.322 e. The Morgan fingerprint density at radius 2 is 2.29 bits per heavy atom. The molecule has 1 unspecified atom stereocenters. The van der Waals surface area contributed by atoms with Crippen LogP contribution in [0.25, 0.3) is 0 Å². The van der Waals surface area contributed by atoms with Gasteiger partial charge in [0, 0.05) is 18.6 Å². The zero-order chi connectivity index (χ0) is 10.6. The minimum atomic E-state index is -0.279. The summed E-state index contributed by atoms with van der Waals surface area (Å²) in [6.07, 6.45) is 2.10. The Balaban J connectivity index is 2.20. The van der Waals surface area contributed by atoms with Gasteiger partial charge in [0.2, 0.25) is 0 Å². The number of rotatable bonds is 6. The smallest absolute Gasteiger partial charge is 0.322 e. The molecule has 0 heterocycles. The summed E-state index contributed by atoms with van der Waals surface area (Å²) in [5, 5.41) is 12.1. The van der Waals surface area contributed by atoms with Gasteiger partial charge in [0.15, 0.2) is 0 Å². The molecule has 0 amide bonds. The van der Waals surface area contributed by atoms with E-state index in [0.29, 0.717) is 13.2 Å². The highest BCUT2D eigenvalue weighted by molar-refractivity contribution is 5.75. The van der Waals surface area contributed by atoms with Crippen LogP contribution in [-0.4, -0.2) is 36.9 Å². The molecule has 1 aliphatic rings. The molecule has 0 bridgehead atoms. The summed E-state index contributed by atoms with van der Waals surface area (Å²) in [4.78, 5) is 11.2. The number of carbonyl (C=O) groups excluding carboxylic acids is 1. The Kier molecular flexibility index (Phi) is 3.89. The van der Waals surface area contributed by atoms with Crippen LogP contribution in [0.4, 0.5) is 0 Å². The average Bonchev–Trinajstić information content (AvgIpc) is 2.95. The van der Waals surface area contributed by atoms with E-state index in [0.717, 1.165) is 12.8 Å². The molecule has 1 saturated carbocycles. The monoisotopic (exact) mass is 201 g/mol. The summed E-state index contributed by atoms with van der Waals surface area (Å²) >= 11 is 0. The maximum atomic E-state index is 11.2. The number of carbonyl (C=O) groups is 1. The van der Waals surface area contributed by atoms with Crippen LogP contribution in [0, 0.1) is 5.41 Å². The molecule has 82 valence electrons. The van der Waals surface area contributed by atoms with Gasteiger partial charge < -0.3 is 15.2 Å². The van der Waals surface area contributed by atoms with Gasteiger partial charge in [-0.25, -0.2) is 0 Å². The van der Waals surface area contributed by atoms with Gasteiger partial charge in [-0.3, -0.25) is 4.79 Å².